The fourth-order valence-electron chi connectivity index (χ4n) is 2.95. The molecule has 1 aromatic rings. The molecule has 1 aromatic carbocycles. The van der Waals surface area contributed by atoms with Crippen LogP contribution in [0.5, 0.6) is 5.75 Å². The highest BCUT2D eigenvalue weighted by atomic mass is 32.2. The first-order chi connectivity index (χ1) is 11.2. The summed E-state index contributed by atoms with van der Waals surface area (Å²) in [7, 11) is 1.61. The van der Waals surface area contributed by atoms with Crippen LogP contribution >= 0.6 is 11.8 Å². The molecule has 2 aliphatic rings. The molecular weight excluding hydrogens is 312 g/mol. The zero-order chi connectivity index (χ0) is 16.2. The summed E-state index contributed by atoms with van der Waals surface area (Å²) in [5.41, 5.74) is 0.861. The maximum atomic E-state index is 12.5. The van der Waals surface area contributed by atoms with E-state index in [-0.39, 0.29) is 11.1 Å². The quantitative estimate of drug-likeness (QED) is 0.853. The van der Waals surface area contributed by atoms with Crippen molar-refractivity contribution in [2.24, 2.45) is 0 Å². The number of piperidine rings is 1. The molecule has 2 amide bonds. The molecule has 2 fully saturated rings. The third-order valence-electron chi connectivity index (χ3n) is 4.21. The van der Waals surface area contributed by atoms with Gasteiger partial charge < -0.3 is 9.64 Å². The molecule has 1 N–H and O–H groups in total. The zero-order valence-electron chi connectivity index (χ0n) is 13.2. The number of nitrogens with zero attached hydrogens (tertiary/aromatic N) is 1. The third kappa shape index (κ3) is 3.76. The molecule has 2 heterocycles. The lowest BCUT2D eigenvalue weighted by molar-refractivity contribution is -0.912. The van der Waals surface area contributed by atoms with Crippen molar-refractivity contribution in [3.8, 4) is 5.75 Å². The number of hydrogen-bond donors (Lipinski definition) is 1. The predicted molar refractivity (Wildman–Crippen MR) is 90.2 cm³/mol. The minimum atomic E-state index is -0.180. The molecule has 0 aliphatic carbocycles. The number of rotatable bonds is 4. The van der Waals surface area contributed by atoms with Crippen molar-refractivity contribution in [3.05, 3.63) is 34.7 Å². The lowest BCUT2D eigenvalue weighted by Gasteiger charge is -2.26. The van der Waals surface area contributed by atoms with Gasteiger partial charge in [-0.1, -0.05) is 12.1 Å². The molecule has 2 aliphatic heterocycles. The summed E-state index contributed by atoms with van der Waals surface area (Å²) in [5.74, 6) is 0.552. The number of imide groups is 1. The number of ether oxygens (including phenoxy) is 1. The van der Waals surface area contributed by atoms with Gasteiger partial charge in [0.1, 0.15) is 5.75 Å². The van der Waals surface area contributed by atoms with Gasteiger partial charge in [0.25, 0.3) is 11.1 Å². The Kier molecular flexibility index (Phi) is 5.03. The van der Waals surface area contributed by atoms with E-state index in [1.807, 2.05) is 24.3 Å². The average molecular weight is 333 g/mol. The first-order valence-corrected chi connectivity index (χ1v) is 8.72. The van der Waals surface area contributed by atoms with Crippen LogP contribution < -0.4 is 9.64 Å². The van der Waals surface area contributed by atoms with Crippen LogP contribution in [0, 0.1) is 0 Å². The Bertz CT molecular complexity index is 638. The monoisotopic (exact) mass is 333 g/mol. The number of likely N-dealkylation sites (tertiary alicyclic amines) is 1. The van der Waals surface area contributed by atoms with Crippen molar-refractivity contribution in [1.82, 2.24) is 4.90 Å². The van der Waals surface area contributed by atoms with E-state index >= 15 is 0 Å². The van der Waals surface area contributed by atoms with Gasteiger partial charge in [-0.25, -0.2) is 4.90 Å². The number of carbonyl (C=O) groups excluding carboxylic acids is 2. The lowest BCUT2D eigenvalue weighted by atomic mass is 10.1. The Morgan fingerprint density at radius 3 is 2.78 bits per heavy atom. The number of quaternary nitrogens is 1. The Hall–Kier alpha value is -1.79. The topological polar surface area (TPSA) is 51.0 Å². The number of carbonyl (C=O) groups is 2. The van der Waals surface area contributed by atoms with Gasteiger partial charge in [-0.15, -0.1) is 0 Å². The van der Waals surface area contributed by atoms with E-state index in [1.54, 1.807) is 13.2 Å². The van der Waals surface area contributed by atoms with Crippen molar-refractivity contribution in [1.29, 1.82) is 0 Å². The molecule has 0 bridgehead atoms. The maximum Gasteiger partial charge on any atom is 0.298 e. The smallest absolute Gasteiger partial charge is 0.298 e. The summed E-state index contributed by atoms with van der Waals surface area (Å²) in [5, 5.41) is -0.165. The lowest BCUT2D eigenvalue weighted by Crippen LogP contribution is -3.14. The van der Waals surface area contributed by atoms with E-state index in [1.165, 1.54) is 29.1 Å². The minimum absolute atomic E-state index is 0.165. The molecule has 0 spiro atoms. The van der Waals surface area contributed by atoms with Gasteiger partial charge in [-0.2, -0.15) is 0 Å². The summed E-state index contributed by atoms with van der Waals surface area (Å²) in [6.45, 7) is 2.56. The predicted octanol–water partition coefficient (Wildman–Crippen LogP) is 1.76. The Morgan fingerprint density at radius 2 is 2.04 bits per heavy atom. The third-order valence-corrected chi connectivity index (χ3v) is 5.11. The summed E-state index contributed by atoms with van der Waals surface area (Å²) < 4.78 is 5.19. The normalized spacial score (nSPS) is 21.3. The molecule has 0 atom stereocenters. The van der Waals surface area contributed by atoms with E-state index in [2.05, 4.69) is 0 Å². The van der Waals surface area contributed by atoms with Crippen molar-refractivity contribution < 1.29 is 19.2 Å². The number of amides is 2. The van der Waals surface area contributed by atoms with E-state index in [0.29, 0.717) is 11.6 Å². The van der Waals surface area contributed by atoms with Crippen LogP contribution in [0.3, 0.4) is 0 Å². The molecule has 6 heteroatoms. The van der Waals surface area contributed by atoms with Crippen molar-refractivity contribution in [2.45, 2.75) is 19.3 Å². The summed E-state index contributed by atoms with van der Waals surface area (Å²) in [6, 6.07) is 7.46. The highest BCUT2D eigenvalue weighted by Gasteiger charge is 2.37. The number of methoxy groups -OCH3 is 1. The molecule has 23 heavy (non-hydrogen) atoms. The van der Waals surface area contributed by atoms with Crippen molar-refractivity contribution in [3.63, 3.8) is 0 Å². The standard InChI is InChI=1S/C17H20N2O3S/c1-22-14-7-5-6-13(10-14)11-15-16(20)19(17(21)23-15)12-18-8-3-2-4-9-18/h5-7,10-11H,2-4,8-9,12H2,1H3/p+1/b15-11+. The second-order valence-electron chi connectivity index (χ2n) is 5.86. The van der Waals surface area contributed by atoms with Crippen LogP contribution in [0.1, 0.15) is 24.8 Å². The van der Waals surface area contributed by atoms with E-state index in [4.69, 9.17) is 4.74 Å². The van der Waals surface area contributed by atoms with E-state index in [0.717, 1.165) is 36.2 Å². The highest BCUT2D eigenvalue weighted by Crippen LogP contribution is 2.32. The number of hydrogen-bond acceptors (Lipinski definition) is 4. The van der Waals surface area contributed by atoms with Crippen LogP contribution in [0.15, 0.2) is 29.2 Å². The van der Waals surface area contributed by atoms with Crippen LogP contribution in [0.4, 0.5) is 4.79 Å². The number of benzene rings is 1. The van der Waals surface area contributed by atoms with Gasteiger partial charge in [0.2, 0.25) is 0 Å². The SMILES string of the molecule is COc1cccc(/C=C2/SC(=O)N(C[NH+]3CCCCC3)C2=O)c1. The summed E-state index contributed by atoms with van der Waals surface area (Å²) in [6.07, 6.45) is 5.36. The number of nitrogens with one attached hydrogen (secondary N) is 1. The largest absolute Gasteiger partial charge is 0.497 e. The molecule has 122 valence electrons. The first kappa shape index (κ1) is 16.1. The molecular formula is C17H21N2O3S+. The van der Waals surface area contributed by atoms with Gasteiger partial charge in [0.05, 0.1) is 25.1 Å². The first-order valence-electron chi connectivity index (χ1n) is 7.90. The second-order valence-corrected chi connectivity index (χ2v) is 6.85. The Morgan fingerprint density at radius 1 is 1.26 bits per heavy atom. The van der Waals surface area contributed by atoms with Gasteiger partial charge >= 0.3 is 0 Å². The molecule has 0 saturated carbocycles. The van der Waals surface area contributed by atoms with E-state index < -0.39 is 0 Å². The van der Waals surface area contributed by atoms with Gasteiger partial charge in [-0.3, -0.25) is 9.59 Å². The van der Waals surface area contributed by atoms with Crippen molar-refractivity contribution >= 4 is 29.0 Å². The van der Waals surface area contributed by atoms with Gasteiger partial charge in [-0.05, 0) is 54.8 Å². The van der Waals surface area contributed by atoms with Gasteiger partial charge in [0, 0.05) is 0 Å². The molecule has 0 radical (unpaired) electrons. The number of thioether (sulfide) groups is 1. The van der Waals surface area contributed by atoms with Crippen LogP contribution in [-0.4, -0.2) is 42.9 Å². The molecule has 2 saturated heterocycles. The molecule has 3 rings (SSSR count). The Labute approximate surface area is 140 Å². The molecule has 0 aromatic heterocycles. The zero-order valence-corrected chi connectivity index (χ0v) is 14.0. The molecule has 5 nitrogen and oxygen atoms in total. The molecule has 0 unspecified atom stereocenters. The van der Waals surface area contributed by atoms with Gasteiger partial charge in [0.15, 0.2) is 6.67 Å². The minimum Gasteiger partial charge on any atom is -0.497 e. The van der Waals surface area contributed by atoms with Crippen molar-refractivity contribution in [2.75, 3.05) is 26.9 Å². The maximum absolute atomic E-state index is 12.5. The van der Waals surface area contributed by atoms with Crippen LogP contribution in [-0.2, 0) is 4.79 Å². The summed E-state index contributed by atoms with van der Waals surface area (Å²) in [4.78, 5) is 27.9. The van der Waals surface area contributed by atoms with Crippen LogP contribution in [0.25, 0.3) is 6.08 Å². The second kappa shape index (κ2) is 7.19. The fourth-order valence-corrected chi connectivity index (χ4v) is 3.79. The fraction of sp³-hybridized carbons (Fsp3) is 0.412. The van der Waals surface area contributed by atoms with Crippen LogP contribution in [0.2, 0.25) is 0 Å². The highest BCUT2D eigenvalue weighted by molar-refractivity contribution is 8.18. The summed E-state index contributed by atoms with van der Waals surface area (Å²) >= 11 is 1.02. The average Bonchev–Trinajstić information content (AvgIpc) is 2.83. The Balaban J connectivity index is 1.73. The van der Waals surface area contributed by atoms with E-state index in [9.17, 15) is 9.59 Å².